The predicted molar refractivity (Wildman–Crippen MR) is 214 cm³/mol. The Morgan fingerprint density at radius 3 is 2.34 bits per heavy atom. The molecule has 3 aromatic rings. The normalized spacial score (nSPS) is 24.4. The number of carbonyl (C=O) groups is 4. The van der Waals surface area contributed by atoms with Crippen molar-refractivity contribution in [2.45, 2.75) is 69.9 Å². The van der Waals surface area contributed by atoms with E-state index < -0.39 is 23.8 Å². The molecule has 7 heterocycles. The second-order valence-corrected chi connectivity index (χ2v) is 17.3. The summed E-state index contributed by atoms with van der Waals surface area (Å²) in [6, 6.07) is 15.2. The van der Waals surface area contributed by atoms with Gasteiger partial charge in [0.1, 0.15) is 11.9 Å². The van der Waals surface area contributed by atoms with E-state index in [1.165, 1.54) is 12.0 Å². The number of hydrogen-bond donors (Lipinski definition) is 1. The van der Waals surface area contributed by atoms with E-state index >= 15 is 0 Å². The molecule has 0 bridgehead atoms. The van der Waals surface area contributed by atoms with Crippen LogP contribution in [0.25, 0.3) is 4.85 Å². The second kappa shape index (κ2) is 14.5. The molecule has 12 nitrogen and oxygen atoms in total. The first-order valence-corrected chi connectivity index (χ1v) is 20.4. The van der Waals surface area contributed by atoms with Crippen molar-refractivity contribution < 1.29 is 19.2 Å². The summed E-state index contributed by atoms with van der Waals surface area (Å²) in [6.07, 6.45) is 8.05. The van der Waals surface area contributed by atoms with E-state index in [0.29, 0.717) is 45.1 Å². The summed E-state index contributed by atoms with van der Waals surface area (Å²) in [4.78, 5) is 69.6. The van der Waals surface area contributed by atoms with Gasteiger partial charge in [-0.25, -0.2) is 9.83 Å². The monoisotopic (exact) mass is 774 g/mol. The maximum absolute atomic E-state index is 13.3. The molecule has 0 aliphatic carbocycles. The van der Waals surface area contributed by atoms with Gasteiger partial charge >= 0.3 is 0 Å². The number of fused-ring (bicyclic) bond motifs is 1. The quantitative estimate of drug-likeness (QED) is 0.232. The summed E-state index contributed by atoms with van der Waals surface area (Å²) < 4.78 is 0. The number of rotatable bonds is 7. The van der Waals surface area contributed by atoms with Gasteiger partial charge in [0.25, 0.3) is 11.8 Å². The zero-order valence-corrected chi connectivity index (χ0v) is 32.5. The van der Waals surface area contributed by atoms with Gasteiger partial charge in [0.15, 0.2) is 0 Å². The molecule has 6 aliphatic heterocycles. The smallest absolute Gasteiger partial charge is 0.262 e. The molecule has 5 fully saturated rings. The van der Waals surface area contributed by atoms with Gasteiger partial charge in [-0.2, -0.15) is 0 Å². The summed E-state index contributed by atoms with van der Waals surface area (Å²) in [5, 5.41) is 2.78. The number of aromatic nitrogens is 1. The number of likely N-dealkylation sites (tertiary alicyclic amines) is 1. The third-order valence-corrected chi connectivity index (χ3v) is 13.7. The van der Waals surface area contributed by atoms with Gasteiger partial charge in [-0.05, 0) is 112 Å². The lowest BCUT2D eigenvalue weighted by Crippen LogP contribution is -2.54. The molecule has 1 N–H and O–H groups in total. The van der Waals surface area contributed by atoms with Crippen LogP contribution in [0.4, 0.5) is 22.9 Å². The van der Waals surface area contributed by atoms with E-state index in [-0.39, 0.29) is 18.7 Å². The Bertz CT molecular complexity index is 2110. The van der Waals surface area contributed by atoms with Crippen LogP contribution in [0.3, 0.4) is 0 Å². The second-order valence-electron chi connectivity index (χ2n) is 16.9. The van der Waals surface area contributed by atoms with E-state index in [1.807, 2.05) is 24.3 Å². The lowest BCUT2D eigenvalue weighted by molar-refractivity contribution is -0.136. The van der Waals surface area contributed by atoms with Crippen LogP contribution in [0, 0.1) is 17.9 Å². The van der Waals surface area contributed by atoms with E-state index in [4.69, 9.17) is 23.2 Å². The number of imide groups is 2. The van der Waals surface area contributed by atoms with E-state index in [0.717, 1.165) is 100 Å². The Hall–Kier alpha value is -4.99. The molecule has 56 heavy (non-hydrogen) atoms. The van der Waals surface area contributed by atoms with Crippen LogP contribution in [0.5, 0.6) is 0 Å². The molecule has 0 radical (unpaired) electrons. The van der Waals surface area contributed by atoms with Crippen LogP contribution >= 0.6 is 11.6 Å². The molecule has 0 saturated carbocycles. The highest BCUT2D eigenvalue weighted by atomic mass is 35.5. The number of carbonyl (C=O) groups excluding carboxylic acids is 4. The van der Waals surface area contributed by atoms with Crippen LogP contribution in [0.15, 0.2) is 54.7 Å². The maximum atomic E-state index is 13.3. The number of amides is 4. The number of halogens is 1. The van der Waals surface area contributed by atoms with Crippen LogP contribution in [0.2, 0.25) is 5.02 Å². The molecule has 2 aromatic carbocycles. The summed E-state index contributed by atoms with van der Waals surface area (Å²) in [5.41, 5.74) is 4.80. The van der Waals surface area contributed by atoms with Crippen molar-refractivity contribution in [3.05, 3.63) is 87.9 Å². The van der Waals surface area contributed by atoms with Crippen molar-refractivity contribution >= 4 is 58.1 Å². The van der Waals surface area contributed by atoms with Crippen molar-refractivity contribution in [2.75, 3.05) is 67.1 Å². The van der Waals surface area contributed by atoms with E-state index in [2.05, 4.69) is 55.0 Å². The molecule has 5 saturated heterocycles. The summed E-state index contributed by atoms with van der Waals surface area (Å²) in [6.45, 7) is 17.6. The largest absolute Gasteiger partial charge is 0.371 e. The molecular weight excluding hydrogens is 728 g/mol. The Balaban J connectivity index is 0.725. The predicted octanol–water partition coefficient (Wildman–Crippen LogP) is 5.89. The molecule has 9 rings (SSSR count). The third-order valence-electron chi connectivity index (χ3n) is 13.4. The molecule has 1 spiro atoms. The zero-order chi connectivity index (χ0) is 38.7. The highest BCUT2D eigenvalue weighted by Gasteiger charge is 2.46. The van der Waals surface area contributed by atoms with Gasteiger partial charge in [-0.1, -0.05) is 23.7 Å². The standard InChI is InChI=1S/C43H47ClN8O4/c1-27-21-43(26-51(27)32-5-7-36(45-2)35(44)20-32)13-17-49(18-14-43)38-9-3-30(22-46-38)29-11-15-48(16-12-29)23-28-24-50(25-28)31-4-6-33-34(19-31)42(56)52(41(33)55)37-8-10-39(53)47-40(37)54/h3-7,9,19-20,22,27-29,37H,8,10-18,21,23-26H2,1H3,(H,47,53,54)/t27-,37?/m0/s1. The molecule has 6 aliphatic rings. The Morgan fingerprint density at radius 1 is 0.893 bits per heavy atom. The van der Waals surface area contributed by atoms with Gasteiger partial charge in [-0.15, -0.1) is 0 Å². The van der Waals surface area contributed by atoms with Crippen LogP contribution < -0.4 is 20.0 Å². The van der Waals surface area contributed by atoms with Crippen molar-refractivity contribution in [1.82, 2.24) is 20.1 Å². The fourth-order valence-corrected chi connectivity index (χ4v) is 10.4. The van der Waals surface area contributed by atoms with Crippen molar-refractivity contribution in [2.24, 2.45) is 11.3 Å². The lowest BCUT2D eigenvalue weighted by Gasteiger charge is -2.44. The first-order valence-electron chi connectivity index (χ1n) is 20.1. The molecule has 13 heteroatoms. The number of hydrogen-bond acceptors (Lipinski definition) is 9. The molecular formula is C43H47ClN8O4. The highest BCUT2D eigenvalue weighted by Crippen LogP contribution is 2.46. The molecule has 2 atom stereocenters. The molecule has 290 valence electrons. The number of pyridine rings is 1. The third kappa shape index (κ3) is 6.68. The minimum atomic E-state index is -0.955. The number of anilines is 3. The maximum Gasteiger partial charge on any atom is 0.262 e. The average Bonchev–Trinajstić information content (AvgIpc) is 3.64. The van der Waals surface area contributed by atoms with E-state index in [9.17, 15) is 19.2 Å². The van der Waals surface area contributed by atoms with Crippen LogP contribution in [-0.2, 0) is 9.59 Å². The van der Waals surface area contributed by atoms with Gasteiger partial charge in [0.2, 0.25) is 17.5 Å². The van der Waals surface area contributed by atoms with Crippen molar-refractivity contribution in [3.63, 3.8) is 0 Å². The zero-order valence-electron chi connectivity index (χ0n) is 31.8. The number of benzene rings is 2. The van der Waals surface area contributed by atoms with Crippen LogP contribution in [0.1, 0.15) is 84.1 Å². The minimum absolute atomic E-state index is 0.105. The van der Waals surface area contributed by atoms with Gasteiger partial charge in [0.05, 0.1) is 17.7 Å². The Kier molecular flexibility index (Phi) is 9.49. The van der Waals surface area contributed by atoms with Gasteiger partial charge < -0.3 is 19.6 Å². The fourth-order valence-electron chi connectivity index (χ4n) is 10.2. The van der Waals surface area contributed by atoms with Crippen molar-refractivity contribution in [1.29, 1.82) is 0 Å². The Labute approximate surface area is 332 Å². The van der Waals surface area contributed by atoms with Crippen molar-refractivity contribution in [3.8, 4) is 0 Å². The number of nitrogens with zero attached hydrogens (tertiary/aromatic N) is 7. The number of piperidine rings is 3. The summed E-state index contributed by atoms with van der Waals surface area (Å²) >= 11 is 6.39. The van der Waals surface area contributed by atoms with Crippen LogP contribution in [-0.4, -0.2) is 103 Å². The first-order chi connectivity index (χ1) is 27.1. The van der Waals surface area contributed by atoms with Gasteiger partial charge in [0, 0.05) is 80.2 Å². The highest BCUT2D eigenvalue weighted by molar-refractivity contribution is 6.33. The molecule has 1 unspecified atom stereocenters. The molecule has 4 amide bonds. The SMILES string of the molecule is [C-]#[N+]c1ccc(N2CC3(CCN(c4ccc(C5CCN(CC6CN(c7ccc8c(c7)C(=O)N(C7CCC(=O)NC7=O)C8=O)C6)CC5)cn4)CC3)C[C@@H]2C)cc1Cl. The summed E-state index contributed by atoms with van der Waals surface area (Å²) in [7, 11) is 0. The minimum Gasteiger partial charge on any atom is -0.371 e. The average molecular weight is 775 g/mol. The fraction of sp³-hybridized carbons (Fsp3) is 0.488. The topological polar surface area (TPSA) is 114 Å². The van der Waals surface area contributed by atoms with E-state index in [1.54, 1.807) is 12.1 Å². The first kappa shape index (κ1) is 36.6. The Morgan fingerprint density at radius 2 is 1.64 bits per heavy atom. The lowest BCUT2D eigenvalue weighted by atomic mass is 9.77. The summed E-state index contributed by atoms with van der Waals surface area (Å²) in [5.74, 6) is 0.214. The number of nitrogens with one attached hydrogen (secondary N) is 1. The molecule has 1 aromatic heterocycles. The van der Waals surface area contributed by atoms with Gasteiger partial charge in [-0.3, -0.25) is 29.4 Å².